The van der Waals surface area contributed by atoms with Gasteiger partial charge in [-0.05, 0) is 69.4 Å². The summed E-state index contributed by atoms with van der Waals surface area (Å²) in [5.74, 6) is -4.87. The Morgan fingerprint density at radius 3 is 1.77 bits per heavy atom. The monoisotopic (exact) mass is 677 g/mol. The molecule has 0 aliphatic carbocycles. The SMILES string of the molecule is CC(C)C[C@H](NC(=O)[C@H](CC(C)C)NC(=O)[C@@H](N)Cc1ccccc1)C(=O)N[C@H](C(=O)NCC(=O)N[C@@H](CCCCN)C(=O)O)[C@@H](C)O. The van der Waals surface area contributed by atoms with Gasteiger partial charge in [-0.3, -0.25) is 24.0 Å². The Bertz CT molecular complexity index is 1200. The minimum absolute atomic E-state index is 0.000932. The van der Waals surface area contributed by atoms with Crippen LogP contribution in [0.1, 0.15) is 72.3 Å². The summed E-state index contributed by atoms with van der Waals surface area (Å²) >= 11 is 0. The van der Waals surface area contributed by atoms with Gasteiger partial charge >= 0.3 is 5.97 Å². The average molecular weight is 678 g/mol. The van der Waals surface area contributed by atoms with E-state index in [0.29, 0.717) is 19.4 Å². The van der Waals surface area contributed by atoms with E-state index in [1.165, 1.54) is 6.92 Å². The minimum Gasteiger partial charge on any atom is -0.480 e. The highest BCUT2D eigenvalue weighted by atomic mass is 16.4. The lowest BCUT2D eigenvalue weighted by Crippen LogP contribution is -2.60. The number of nitrogens with two attached hydrogens (primary N) is 2. The molecule has 1 rings (SSSR count). The minimum atomic E-state index is -1.50. The highest BCUT2D eigenvalue weighted by Crippen LogP contribution is 2.11. The van der Waals surface area contributed by atoms with Crippen molar-refractivity contribution in [3.8, 4) is 0 Å². The van der Waals surface area contributed by atoms with Gasteiger partial charge in [0.05, 0.1) is 18.7 Å². The van der Waals surface area contributed by atoms with Gasteiger partial charge in [0.1, 0.15) is 24.2 Å². The van der Waals surface area contributed by atoms with Crippen molar-refractivity contribution < 1.29 is 39.0 Å². The topological polar surface area (TPSA) is 255 Å². The van der Waals surface area contributed by atoms with Crippen LogP contribution in [0.4, 0.5) is 0 Å². The third-order valence-corrected chi connectivity index (χ3v) is 7.38. The van der Waals surface area contributed by atoms with Crippen LogP contribution in [0.15, 0.2) is 30.3 Å². The van der Waals surface area contributed by atoms with Crippen molar-refractivity contribution in [1.29, 1.82) is 0 Å². The van der Waals surface area contributed by atoms with Gasteiger partial charge in [0.25, 0.3) is 0 Å². The van der Waals surface area contributed by atoms with E-state index in [1.54, 1.807) is 0 Å². The van der Waals surface area contributed by atoms with Crippen LogP contribution < -0.4 is 38.1 Å². The smallest absolute Gasteiger partial charge is 0.326 e. The second kappa shape index (κ2) is 21.7. The Morgan fingerprint density at radius 2 is 1.27 bits per heavy atom. The van der Waals surface area contributed by atoms with Gasteiger partial charge in [-0.1, -0.05) is 58.0 Å². The van der Waals surface area contributed by atoms with Gasteiger partial charge in [0.15, 0.2) is 0 Å². The molecule has 5 amide bonds. The van der Waals surface area contributed by atoms with Gasteiger partial charge in [-0.25, -0.2) is 4.79 Å². The second-order valence-corrected chi connectivity index (χ2v) is 12.9. The number of unbranched alkanes of at least 4 members (excludes halogenated alkanes) is 1. The first-order valence-electron chi connectivity index (χ1n) is 16.4. The zero-order chi connectivity index (χ0) is 36.4. The van der Waals surface area contributed by atoms with E-state index in [9.17, 15) is 39.0 Å². The molecule has 48 heavy (non-hydrogen) atoms. The zero-order valence-electron chi connectivity index (χ0n) is 28.7. The number of benzene rings is 1. The Balaban J connectivity index is 2.95. The first-order chi connectivity index (χ1) is 22.5. The first-order valence-corrected chi connectivity index (χ1v) is 16.4. The number of aliphatic hydroxyl groups is 1. The number of amides is 5. The lowest BCUT2D eigenvalue weighted by Gasteiger charge is -2.28. The van der Waals surface area contributed by atoms with Crippen molar-refractivity contribution in [3.63, 3.8) is 0 Å². The van der Waals surface area contributed by atoms with E-state index >= 15 is 0 Å². The molecular formula is C33H55N7O8. The second-order valence-electron chi connectivity index (χ2n) is 12.9. The molecule has 0 saturated carbocycles. The zero-order valence-corrected chi connectivity index (χ0v) is 28.7. The van der Waals surface area contributed by atoms with E-state index in [-0.39, 0.29) is 37.5 Å². The van der Waals surface area contributed by atoms with Crippen LogP contribution in [-0.4, -0.2) is 95.1 Å². The maximum absolute atomic E-state index is 13.5. The maximum Gasteiger partial charge on any atom is 0.326 e. The summed E-state index contributed by atoms with van der Waals surface area (Å²) in [7, 11) is 0. The Kier molecular flexibility index (Phi) is 19.0. The molecule has 11 N–H and O–H groups in total. The predicted octanol–water partition coefficient (Wildman–Crippen LogP) is -0.702. The Labute approximate surface area is 282 Å². The molecule has 0 unspecified atom stereocenters. The van der Waals surface area contributed by atoms with Gasteiger partial charge in [-0.2, -0.15) is 0 Å². The van der Waals surface area contributed by atoms with E-state index in [0.717, 1.165) is 5.56 Å². The summed E-state index contributed by atoms with van der Waals surface area (Å²) in [4.78, 5) is 76.6. The van der Waals surface area contributed by atoms with Crippen LogP contribution >= 0.6 is 0 Å². The number of aliphatic hydroxyl groups excluding tert-OH is 1. The number of carboxylic acids is 1. The number of rotatable bonds is 22. The van der Waals surface area contributed by atoms with E-state index in [4.69, 9.17) is 11.5 Å². The fraction of sp³-hybridized carbons (Fsp3) is 0.636. The number of hydrogen-bond acceptors (Lipinski definition) is 9. The van der Waals surface area contributed by atoms with Crippen LogP contribution in [0.3, 0.4) is 0 Å². The summed E-state index contributed by atoms with van der Waals surface area (Å²) in [6, 6.07) is 3.49. The normalized spacial score (nSPS) is 15.0. The molecular weight excluding hydrogens is 622 g/mol. The quantitative estimate of drug-likeness (QED) is 0.0698. The average Bonchev–Trinajstić information content (AvgIpc) is 3.00. The fourth-order valence-corrected chi connectivity index (χ4v) is 4.85. The number of carbonyl (C=O) groups is 6. The van der Waals surface area contributed by atoms with Crippen molar-refractivity contribution >= 4 is 35.5 Å². The molecule has 0 saturated heterocycles. The van der Waals surface area contributed by atoms with Crippen molar-refractivity contribution in [1.82, 2.24) is 26.6 Å². The lowest BCUT2D eigenvalue weighted by atomic mass is 9.99. The van der Waals surface area contributed by atoms with Gasteiger partial charge in [-0.15, -0.1) is 0 Å². The van der Waals surface area contributed by atoms with Crippen LogP contribution in [0.2, 0.25) is 0 Å². The number of carboxylic acid groups (broad SMARTS) is 1. The van der Waals surface area contributed by atoms with Crippen molar-refractivity contribution in [3.05, 3.63) is 35.9 Å². The Hall–Kier alpha value is -4.08. The highest BCUT2D eigenvalue weighted by Gasteiger charge is 2.33. The molecule has 15 heteroatoms. The third-order valence-electron chi connectivity index (χ3n) is 7.38. The van der Waals surface area contributed by atoms with E-state index in [1.807, 2.05) is 58.0 Å². The predicted molar refractivity (Wildman–Crippen MR) is 180 cm³/mol. The van der Waals surface area contributed by atoms with Crippen LogP contribution in [-0.2, 0) is 35.2 Å². The molecule has 270 valence electrons. The van der Waals surface area contributed by atoms with E-state index < -0.39 is 78.4 Å². The molecule has 0 aliphatic rings. The van der Waals surface area contributed by atoms with Crippen molar-refractivity contribution in [2.24, 2.45) is 23.3 Å². The standard InChI is InChI=1S/C33H55N7O8/c1-19(2)15-25(38-29(43)23(35)17-22-11-7-6-8-12-22)30(44)39-26(16-20(3)4)31(45)40-28(21(5)41)32(46)36-18-27(42)37-24(33(47)48)13-9-10-14-34/h6-8,11-12,19-21,23-26,28,41H,9-10,13-18,34-35H2,1-5H3,(H,36,46)(H,37,42)(H,38,43)(H,39,44)(H,40,45)(H,47,48)/t21-,23+,24+,25+,26+,28+/m1/s1. The molecule has 1 aromatic rings. The van der Waals surface area contributed by atoms with Gasteiger partial charge in [0, 0.05) is 0 Å². The number of carbonyl (C=O) groups excluding carboxylic acids is 5. The molecule has 0 aliphatic heterocycles. The fourth-order valence-electron chi connectivity index (χ4n) is 4.85. The van der Waals surface area contributed by atoms with Crippen LogP contribution in [0.5, 0.6) is 0 Å². The van der Waals surface area contributed by atoms with E-state index in [2.05, 4.69) is 26.6 Å². The first kappa shape index (κ1) is 41.9. The number of hydrogen-bond donors (Lipinski definition) is 9. The maximum atomic E-state index is 13.5. The van der Waals surface area contributed by atoms with Gasteiger partial charge in [0.2, 0.25) is 29.5 Å². The highest BCUT2D eigenvalue weighted by molar-refractivity contribution is 5.96. The number of nitrogens with one attached hydrogen (secondary N) is 5. The summed E-state index contributed by atoms with van der Waals surface area (Å²) in [6.45, 7) is 8.47. The van der Waals surface area contributed by atoms with Crippen LogP contribution in [0, 0.1) is 11.8 Å². The van der Waals surface area contributed by atoms with Crippen LogP contribution in [0.25, 0.3) is 0 Å². The Morgan fingerprint density at radius 1 is 0.729 bits per heavy atom. The van der Waals surface area contributed by atoms with Gasteiger partial charge < -0.3 is 48.3 Å². The third kappa shape index (κ3) is 16.2. The molecule has 1 aromatic carbocycles. The molecule has 0 bridgehead atoms. The largest absolute Gasteiger partial charge is 0.480 e. The molecule has 15 nitrogen and oxygen atoms in total. The molecule has 0 heterocycles. The molecule has 0 radical (unpaired) electrons. The molecule has 0 spiro atoms. The van der Waals surface area contributed by atoms with Crippen molar-refractivity contribution in [2.75, 3.05) is 13.1 Å². The summed E-state index contributed by atoms with van der Waals surface area (Å²) in [5, 5.41) is 32.2. The molecule has 0 aromatic heterocycles. The van der Waals surface area contributed by atoms with Crippen molar-refractivity contribution in [2.45, 2.75) is 109 Å². The molecule has 0 fully saturated rings. The molecule has 6 atom stereocenters. The summed E-state index contributed by atoms with van der Waals surface area (Å²) in [5.41, 5.74) is 12.4. The summed E-state index contributed by atoms with van der Waals surface area (Å²) in [6.07, 6.45) is 0.531. The summed E-state index contributed by atoms with van der Waals surface area (Å²) < 4.78 is 0. The lowest BCUT2D eigenvalue weighted by molar-refractivity contribution is -0.142. The number of aliphatic carboxylic acids is 1.